The molecule has 25 heavy (non-hydrogen) atoms. The average Bonchev–Trinajstić information content (AvgIpc) is 2.83. The molecule has 1 saturated heterocycles. The Morgan fingerprint density at radius 3 is 2.48 bits per heavy atom. The number of benzene rings is 1. The van der Waals surface area contributed by atoms with Crippen molar-refractivity contribution in [3.8, 4) is 0 Å². The molecule has 0 bridgehead atoms. The van der Waals surface area contributed by atoms with E-state index in [0.717, 1.165) is 16.7 Å². The summed E-state index contributed by atoms with van der Waals surface area (Å²) in [6.45, 7) is 1.68. The van der Waals surface area contributed by atoms with E-state index in [-0.39, 0.29) is 22.1 Å². The van der Waals surface area contributed by atoms with Gasteiger partial charge >= 0.3 is 5.97 Å². The highest BCUT2D eigenvalue weighted by atomic mass is 32.2. The first kappa shape index (κ1) is 19.1. The number of aliphatic carboxylic acids is 1. The number of carboxylic acids is 1. The van der Waals surface area contributed by atoms with Gasteiger partial charge in [-0.1, -0.05) is 36.1 Å². The smallest absolute Gasteiger partial charge is 0.326 e. The first-order valence-corrected chi connectivity index (χ1v) is 8.48. The molecular weight excluding hydrogens is 367 g/mol. The van der Waals surface area contributed by atoms with Crippen molar-refractivity contribution in [2.45, 2.75) is 25.8 Å². The summed E-state index contributed by atoms with van der Waals surface area (Å²) in [5.74, 6) is -2.87. The number of hydrogen-bond acceptors (Lipinski definition) is 5. The highest BCUT2D eigenvalue weighted by Crippen LogP contribution is 2.38. The number of amides is 2. The zero-order valence-electron chi connectivity index (χ0n) is 13.2. The Labute approximate surface area is 152 Å². The Hall–Kier alpha value is -2.26. The topological polar surface area (TPSA) is 101 Å². The van der Waals surface area contributed by atoms with Crippen LogP contribution in [0.4, 0.5) is 4.39 Å². The Morgan fingerprint density at radius 1 is 1.36 bits per heavy atom. The van der Waals surface area contributed by atoms with Crippen LogP contribution in [0, 0.1) is 5.82 Å². The fourth-order valence-electron chi connectivity index (χ4n) is 2.35. The van der Waals surface area contributed by atoms with Crippen LogP contribution in [0.1, 0.15) is 25.3 Å². The van der Waals surface area contributed by atoms with Crippen molar-refractivity contribution in [2.24, 2.45) is 5.73 Å². The molecular formula is C16H15FN2O4S2. The molecule has 1 aromatic rings. The third kappa shape index (κ3) is 4.23. The van der Waals surface area contributed by atoms with E-state index in [1.165, 1.54) is 24.3 Å². The number of carbonyl (C=O) groups is 3. The van der Waals surface area contributed by atoms with Gasteiger partial charge in [0.05, 0.1) is 4.91 Å². The molecule has 1 atom stereocenters. The lowest BCUT2D eigenvalue weighted by Crippen LogP contribution is -2.44. The van der Waals surface area contributed by atoms with Crippen molar-refractivity contribution in [3.05, 3.63) is 40.6 Å². The van der Waals surface area contributed by atoms with Crippen molar-refractivity contribution < 1.29 is 23.9 Å². The van der Waals surface area contributed by atoms with Gasteiger partial charge in [-0.05, 0) is 36.6 Å². The molecule has 3 N–H and O–H groups in total. The lowest BCUT2D eigenvalue weighted by Gasteiger charge is -2.22. The number of primary amides is 1. The molecule has 0 aromatic heterocycles. The summed E-state index contributed by atoms with van der Waals surface area (Å²) in [6.07, 6.45) is -0.302. The third-order valence-electron chi connectivity index (χ3n) is 3.68. The van der Waals surface area contributed by atoms with Gasteiger partial charge in [0.2, 0.25) is 5.91 Å². The van der Waals surface area contributed by atoms with E-state index in [9.17, 15) is 23.9 Å². The van der Waals surface area contributed by atoms with Crippen LogP contribution in [0.2, 0.25) is 0 Å². The normalized spacial score (nSPS) is 17.6. The summed E-state index contributed by atoms with van der Waals surface area (Å²) in [5, 5.41) is 9.38. The second-order valence-corrected chi connectivity index (χ2v) is 7.01. The van der Waals surface area contributed by atoms with Crippen molar-refractivity contribution in [2.75, 3.05) is 0 Å². The number of allylic oxidation sites excluding steroid dienone is 1. The minimum Gasteiger partial charge on any atom is -0.480 e. The lowest BCUT2D eigenvalue weighted by molar-refractivity contribution is -0.145. The number of nitrogens with zero attached hydrogens (tertiary/aromatic N) is 1. The summed E-state index contributed by atoms with van der Waals surface area (Å²) in [6, 6.07) is 4.33. The second-order valence-electron chi connectivity index (χ2n) is 5.36. The van der Waals surface area contributed by atoms with Crippen LogP contribution in [0.5, 0.6) is 0 Å². The largest absolute Gasteiger partial charge is 0.480 e. The van der Waals surface area contributed by atoms with Crippen LogP contribution < -0.4 is 5.73 Å². The molecule has 6 nitrogen and oxygen atoms in total. The van der Waals surface area contributed by atoms with Gasteiger partial charge in [0.1, 0.15) is 16.2 Å². The van der Waals surface area contributed by atoms with Gasteiger partial charge in [-0.25, -0.2) is 9.18 Å². The molecule has 0 aliphatic carbocycles. The first-order valence-electron chi connectivity index (χ1n) is 7.25. The summed E-state index contributed by atoms with van der Waals surface area (Å²) >= 11 is 6.14. The predicted molar refractivity (Wildman–Crippen MR) is 95.9 cm³/mol. The highest BCUT2D eigenvalue weighted by Gasteiger charge is 2.41. The lowest BCUT2D eigenvalue weighted by atomic mass is 10.1. The maximum atomic E-state index is 13.1. The summed E-state index contributed by atoms with van der Waals surface area (Å²) < 4.78 is 13.1. The Balaban J connectivity index is 2.34. The number of hydrogen-bond donors (Lipinski definition) is 2. The van der Waals surface area contributed by atoms with Gasteiger partial charge in [-0.3, -0.25) is 14.5 Å². The first-order chi connectivity index (χ1) is 11.7. The van der Waals surface area contributed by atoms with Gasteiger partial charge < -0.3 is 10.8 Å². The average molecular weight is 382 g/mol. The predicted octanol–water partition coefficient (Wildman–Crippen LogP) is 2.14. The number of nitrogens with two attached hydrogens (primary N) is 1. The molecule has 9 heteroatoms. The van der Waals surface area contributed by atoms with Crippen molar-refractivity contribution in [3.63, 3.8) is 0 Å². The number of carbonyl (C=O) groups excluding carboxylic acids is 2. The summed E-state index contributed by atoms with van der Waals surface area (Å²) in [7, 11) is 0. The van der Waals surface area contributed by atoms with Gasteiger partial charge in [0, 0.05) is 6.42 Å². The zero-order valence-corrected chi connectivity index (χ0v) is 14.8. The van der Waals surface area contributed by atoms with Crippen molar-refractivity contribution in [1.82, 2.24) is 4.90 Å². The SMILES string of the molecule is C/C(=C1/SC(=S)N(C(CCC(N)=O)C(=O)O)C1=O)c1ccc(F)cc1. The molecule has 0 spiro atoms. The van der Waals surface area contributed by atoms with Crippen molar-refractivity contribution >= 4 is 51.7 Å². The van der Waals surface area contributed by atoms with E-state index in [1.54, 1.807) is 6.92 Å². The molecule has 1 fully saturated rings. The molecule has 2 rings (SSSR count). The van der Waals surface area contributed by atoms with Crippen molar-refractivity contribution in [1.29, 1.82) is 0 Å². The molecule has 1 unspecified atom stereocenters. The van der Waals surface area contributed by atoms with Crippen LogP contribution in [0.15, 0.2) is 29.2 Å². The quantitative estimate of drug-likeness (QED) is 0.577. The fourth-order valence-corrected chi connectivity index (χ4v) is 3.75. The molecule has 2 amide bonds. The minimum absolute atomic E-state index is 0.0957. The number of rotatable bonds is 6. The monoisotopic (exact) mass is 382 g/mol. The van der Waals surface area contributed by atoms with E-state index in [4.69, 9.17) is 18.0 Å². The van der Waals surface area contributed by atoms with E-state index < -0.39 is 29.6 Å². The molecule has 1 aliphatic rings. The molecule has 0 radical (unpaired) electrons. The number of halogens is 1. The molecule has 132 valence electrons. The zero-order chi connectivity index (χ0) is 18.7. The summed E-state index contributed by atoms with van der Waals surface area (Å²) in [4.78, 5) is 36.4. The molecule has 1 aromatic carbocycles. The van der Waals surface area contributed by atoms with Crippen LogP contribution >= 0.6 is 24.0 Å². The van der Waals surface area contributed by atoms with Gasteiger partial charge in [-0.15, -0.1) is 0 Å². The van der Waals surface area contributed by atoms with Crippen LogP contribution in [0.25, 0.3) is 5.57 Å². The van der Waals surface area contributed by atoms with Gasteiger partial charge in [0.25, 0.3) is 5.91 Å². The Kier molecular flexibility index (Phi) is 5.91. The van der Waals surface area contributed by atoms with Gasteiger partial charge in [-0.2, -0.15) is 0 Å². The highest BCUT2D eigenvalue weighted by molar-refractivity contribution is 8.26. The summed E-state index contributed by atoms with van der Waals surface area (Å²) in [5.41, 5.74) is 6.26. The maximum absolute atomic E-state index is 13.1. The molecule has 1 aliphatic heterocycles. The number of thioether (sulfide) groups is 1. The Morgan fingerprint density at radius 2 is 1.96 bits per heavy atom. The second kappa shape index (κ2) is 7.75. The molecule has 0 saturated carbocycles. The molecule has 1 heterocycles. The Bertz CT molecular complexity index is 777. The fraction of sp³-hybridized carbons (Fsp3) is 0.250. The van der Waals surface area contributed by atoms with Crippen LogP contribution in [-0.4, -0.2) is 38.2 Å². The standard InChI is InChI=1S/C16H15FN2O4S2/c1-8(9-2-4-10(17)5-3-9)13-14(21)19(16(24)25-13)11(15(22)23)6-7-12(18)20/h2-5,11H,6-7H2,1H3,(H2,18,20)(H,22,23)/b13-8-. The van der Waals surface area contributed by atoms with E-state index >= 15 is 0 Å². The maximum Gasteiger partial charge on any atom is 0.326 e. The number of thiocarbonyl (C=S) groups is 1. The van der Waals surface area contributed by atoms with Crippen LogP contribution in [0.3, 0.4) is 0 Å². The third-order valence-corrected chi connectivity index (χ3v) is 5.18. The van der Waals surface area contributed by atoms with E-state index in [0.29, 0.717) is 11.1 Å². The van der Waals surface area contributed by atoms with Gasteiger partial charge in [0.15, 0.2) is 0 Å². The van der Waals surface area contributed by atoms with E-state index in [1.807, 2.05) is 0 Å². The minimum atomic E-state index is -1.27. The van der Waals surface area contributed by atoms with Crippen LogP contribution in [-0.2, 0) is 14.4 Å². The van der Waals surface area contributed by atoms with E-state index in [2.05, 4.69) is 0 Å². The number of carboxylic acid groups (broad SMARTS) is 1.